The number of nitrogens with zero attached hydrogens (tertiary/aromatic N) is 2. The van der Waals surface area contributed by atoms with Crippen LogP contribution in [-0.4, -0.2) is 47.3 Å². The van der Waals surface area contributed by atoms with Crippen molar-refractivity contribution in [1.29, 1.82) is 0 Å². The Kier molecular flexibility index (Phi) is 10.3. The van der Waals surface area contributed by atoms with Gasteiger partial charge >= 0.3 is 0 Å². The molecule has 0 saturated heterocycles. The summed E-state index contributed by atoms with van der Waals surface area (Å²) in [4.78, 5) is 41.0. The number of methoxy groups -OCH3 is 1. The molecule has 3 rings (SSSR count). The molecule has 2 aromatic carbocycles. The van der Waals surface area contributed by atoms with Crippen molar-refractivity contribution in [3.8, 4) is 11.5 Å². The van der Waals surface area contributed by atoms with Crippen LogP contribution in [0.5, 0.6) is 11.5 Å². The van der Waals surface area contributed by atoms with E-state index < -0.39 is 17.9 Å². The van der Waals surface area contributed by atoms with Gasteiger partial charge in [0.05, 0.1) is 19.4 Å². The zero-order valence-electron chi connectivity index (χ0n) is 22.6. The molecule has 0 aliphatic carbocycles. The van der Waals surface area contributed by atoms with Gasteiger partial charge in [-0.05, 0) is 66.2 Å². The standard InChI is InChI=1S/C28H35N5O5S/c1-5-38-20-11-9-19(10-12-20)24(27(35)31-14-13-17(2)3)33(16-18-7-6-8-21(15-18)37-4)28(36)25-22(29)23(26(30)34)32-39-25/h6-12,15,17,24H,5,13-14,16,29H2,1-4H3,(H2,30,34)(H,31,35). The van der Waals surface area contributed by atoms with Crippen LogP contribution >= 0.6 is 11.5 Å². The van der Waals surface area contributed by atoms with Crippen LogP contribution in [0.1, 0.15) is 64.5 Å². The lowest BCUT2D eigenvalue weighted by atomic mass is 10.0. The molecule has 11 heteroatoms. The van der Waals surface area contributed by atoms with Crippen molar-refractivity contribution in [3.63, 3.8) is 0 Å². The minimum atomic E-state index is -1.02. The molecule has 0 bridgehead atoms. The molecule has 1 aromatic heterocycles. The summed E-state index contributed by atoms with van der Waals surface area (Å²) in [6.07, 6.45) is 0.773. The van der Waals surface area contributed by atoms with Crippen LogP contribution in [0.4, 0.5) is 5.69 Å². The number of aromatic nitrogens is 1. The predicted molar refractivity (Wildman–Crippen MR) is 151 cm³/mol. The van der Waals surface area contributed by atoms with E-state index in [2.05, 4.69) is 23.5 Å². The number of nitrogens with one attached hydrogen (secondary N) is 1. The third-order valence-electron chi connectivity index (χ3n) is 5.99. The zero-order valence-corrected chi connectivity index (χ0v) is 23.4. The number of anilines is 1. The van der Waals surface area contributed by atoms with Gasteiger partial charge in [-0.15, -0.1) is 0 Å². The molecule has 0 radical (unpaired) electrons. The van der Waals surface area contributed by atoms with Gasteiger partial charge < -0.3 is 31.2 Å². The molecule has 3 aromatic rings. The van der Waals surface area contributed by atoms with Crippen LogP contribution in [0.15, 0.2) is 48.5 Å². The van der Waals surface area contributed by atoms with E-state index in [1.807, 2.05) is 13.0 Å². The highest BCUT2D eigenvalue weighted by atomic mass is 32.1. The van der Waals surface area contributed by atoms with Gasteiger partial charge in [-0.2, -0.15) is 4.37 Å². The number of carbonyl (C=O) groups is 3. The number of rotatable bonds is 13. The zero-order chi connectivity index (χ0) is 28.5. The molecule has 0 aliphatic rings. The van der Waals surface area contributed by atoms with Crippen molar-refractivity contribution in [2.75, 3.05) is 26.0 Å². The van der Waals surface area contributed by atoms with E-state index in [1.165, 1.54) is 4.90 Å². The van der Waals surface area contributed by atoms with Gasteiger partial charge in [0.2, 0.25) is 5.91 Å². The van der Waals surface area contributed by atoms with E-state index in [1.54, 1.807) is 49.6 Å². The van der Waals surface area contributed by atoms with Crippen LogP contribution in [0.2, 0.25) is 0 Å². The van der Waals surface area contributed by atoms with Gasteiger partial charge in [-0.1, -0.05) is 38.1 Å². The van der Waals surface area contributed by atoms with Gasteiger partial charge in [-0.25, -0.2) is 0 Å². The number of primary amides is 1. The molecular weight excluding hydrogens is 518 g/mol. The van der Waals surface area contributed by atoms with Gasteiger partial charge in [0, 0.05) is 13.1 Å². The average molecular weight is 554 g/mol. The van der Waals surface area contributed by atoms with Crippen molar-refractivity contribution in [2.24, 2.45) is 11.7 Å². The molecule has 5 N–H and O–H groups in total. The maximum atomic E-state index is 14.1. The van der Waals surface area contributed by atoms with Crippen molar-refractivity contribution < 1.29 is 23.9 Å². The Labute approximate surface area is 232 Å². The second kappa shape index (κ2) is 13.6. The van der Waals surface area contributed by atoms with Gasteiger partial charge in [0.1, 0.15) is 22.4 Å². The number of carbonyl (C=O) groups excluding carboxylic acids is 3. The molecule has 0 spiro atoms. The number of nitrogen functional groups attached to an aromatic ring is 1. The first-order chi connectivity index (χ1) is 18.7. The minimum Gasteiger partial charge on any atom is -0.497 e. The fraction of sp³-hybridized carbons (Fsp3) is 0.357. The minimum absolute atomic E-state index is 0.0256. The first-order valence-corrected chi connectivity index (χ1v) is 13.4. The Bertz CT molecular complexity index is 1290. The molecule has 0 saturated carbocycles. The van der Waals surface area contributed by atoms with Crippen LogP contribution < -0.4 is 26.3 Å². The van der Waals surface area contributed by atoms with Crippen LogP contribution in [0, 0.1) is 5.92 Å². The quantitative estimate of drug-likeness (QED) is 0.291. The first-order valence-electron chi connectivity index (χ1n) is 12.7. The summed E-state index contributed by atoms with van der Waals surface area (Å²) < 4.78 is 14.9. The third-order valence-corrected chi connectivity index (χ3v) is 6.84. The average Bonchev–Trinajstić information content (AvgIpc) is 3.30. The highest BCUT2D eigenvalue weighted by Gasteiger charge is 2.35. The SMILES string of the molecule is CCOc1ccc(C(C(=O)NCCC(C)C)N(Cc2cccc(OC)c2)C(=O)c2snc(C(N)=O)c2N)cc1. The van der Waals surface area contributed by atoms with Crippen molar-refractivity contribution in [3.05, 3.63) is 70.2 Å². The number of benzene rings is 2. The Morgan fingerprint density at radius 3 is 2.41 bits per heavy atom. The van der Waals surface area contributed by atoms with Gasteiger partial charge in [0.15, 0.2) is 5.69 Å². The lowest BCUT2D eigenvalue weighted by Gasteiger charge is -2.31. The Morgan fingerprint density at radius 2 is 1.82 bits per heavy atom. The second-order valence-corrected chi connectivity index (χ2v) is 10.1. The Morgan fingerprint density at radius 1 is 1.10 bits per heavy atom. The number of ether oxygens (including phenoxy) is 2. The Hall–Kier alpha value is -4.12. The molecule has 208 valence electrons. The number of hydrogen-bond donors (Lipinski definition) is 3. The molecule has 1 unspecified atom stereocenters. The molecule has 0 fully saturated rings. The first kappa shape index (κ1) is 29.4. The summed E-state index contributed by atoms with van der Waals surface area (Å²) in [6.45, 7) is 7.00. The molecule has 1 atom stereocenters. The summed E-state index contributed by atoms with van der Waals surface area (Å²) in [6, 6.07) is 13.2. The van der Waals surface area contributed by atoms with Crippen LogP contribution in [0.3, 0.4) is 0 Å². The summed E-state index contributed by atoms with van der Waals surface area (Å²) in [5, 5.41) is 2.98. The molecule has 39 heavy (non-hydrogen) atoms. The van der Waals surface area contributed by atoms with E-state index in [-0.39, 0.29) is 28.7 Å². The number of hydrogen-bond acceptors (Lipinski definition) is 8. The normalized spacial score (nSPS) is 11.6. The number of nitrogens with two attached hydrogens (primary N) is 2. The second-order valence-electron chi connectivity index (χ2n) is 9.30. The van der Waals surface area contributed by atoms with Crippen LogP contribution in [-0.2, 0) is 11.3 Å². The molecule has 0 aliphatic heterocycles. The lowest BCUT2D eigenvalue weighted by Crippen LogP contribution is -2.43. The van der Waals surface area contributed by atoms with Gasteiger partial charge in [0.25, 0.3) is 11.8 Å². The molecule has 1 heterocycles. The maximum Gasteiger partial charge on any atom is 0.270 e. The molecule has 10 nitrogen and oxygen atoms in total. The van der Waals surface area contributed by atoms with Crippen molar-refractivity contribution in [2.45, 2.75) is 39.8 Å². The Balaban J connectivity index is 2.11. The topological polar surface area (TPSA) is 150 Å². The van der Waals surface area contributed by atoms with Crippen molar-refractivity contribution >= 4 is 34.9 Å². The molecular formula is C28H35N5O5S. The van der Waals surface area contributed by atoms with Crippen LogP contribution in [0.25, 0.3) is 0 Å². The summed E-state index contributed by atoms with van der Waals surface area (Å²) in [5.41, 5.74) is 12.5. The predicted octanol–water partition coefficient (Wildman–Crippen LogP) is 3.78. The fourth-order valence-electron chi connectivity index (χ4n) is 3.97. The summed E-state index contributed by atoms with van der Waals surface area (Å²) in [5.74, 6) is -0.118. The maximum absolute atomic E-state index is 14.1. The van der Waals surface area contributed by atoms with E-state index in [9.17, 15) is 14.4 Å². The number of amides is 3. The smallest absolute Gasteiger partial charge is 0.270 e. The lowest BCUT2D eigenvalue weighted by molar-refractivity contribution is -0.126. The van der Waals surface area contributed by atoms with E-state index in [4.69, 9.17) is 20.9 Å². The van der Waals surface area contributed by atoms with E-state index in [0.29, 0.717) is 36.1 Å². The van der Waals surface area contributed by atoms with Gasteiger partial charge in [-0.3, -0.25) is 14.4 Å². The highest BCUT2D eigenvalue weighted by Crippen LogP contribution is 2.31. The summed E-state index contributed by atoms with van der Waals surface area (Å²) in [7, 11) is 1.55. The largest absolute Gasteiger partial charge is 0.497 e. The highest BCUT2D eigenvalue weighted by molar-refractivity contribution is 7.09. The summed E-state index contributed by atoms with van der Waals surface area (Å²) >= 11 is 0.771. The third kappa shape index (κ3) is 7.47. The van der Waals surface area contributed by atoms with E-state index in [0.717, 1.165) is 23.5 Å². The fourth-order valence-corrected chi connectivity index (χ4v) is 4.74. The molecule has 3 amide bonds. The van der Waals surface area contributed by atoms with E-state index >= 15 is 0 Å². The van der Waals surface area contributed by atoms with Crippen molar-refractivity contribution in [1.82, 2.24) is 14.6 Å². The monoisotopic (exact) mass is 553 g/mol.